The maximum Gasteiger partial charge on any atom is 0.300 e. The topological polar surface area (TPSA) is 40.5 Å². The quantitative estimate of drug-likeness (QED) is 0.753. The molecular weight excluding hydrogens is 202 g/mol. The summed E-state index contributed by atoms with van der Waals surface area (Å²) in [5, 5.41) is 7.42. The van der Waals surface area contributed by atoms with Gasteiger partial charge in [0.05, 0.1) is 0 Å². The smallest absolute Gasteiger partial charge is 0.300 e. The van der Waals surface area contributed by atoms with Crippen LogP contribution >= 0.6 is 0 Å². The van der Waals surface area contributed by atoms with Crippen LogP contribution in [0, 0.1) is 5.92 Å². The average Bonchev–Trinajstić information content (AvgIpc) is 2.17. The van der Waals surface area contributed by atoms with Gasteiger partial charge in [-0.05, 0) is 38.3 Å². The van der Waals surface area contributed by atoms with Gasteiger partial charge in [-0.25, -0.2) is 0 Å². The number of aliphatic carboxylic acids is 1. The molecule has 0 radical (unpaired) electrons. The third kappa shape index (κ3) is 9.97. The Hall–Kier alpha value is -0.570. The first kappa shape index (κ1) is 15.4. The van der Waals surface area contributed by atoms with Crippen molar-refractivity contribution in [2.75, 3.05) is 19.6 Å². The number of carboxylic acid groups (broad SMARTS) is 1. The number of unbranched alkanes of at least 4 members (excludes halogenated alkanes) is 2. The van der Waals surface area contributed by atoms with Gasteiger partial charge in [0.15, 0.2) is 0 Å². The number of hydrogen-bond acceptors (Lipinski definition) is 2. The van der Waals surface area contributed by atoms with E-state index < -0.39 is 5.97 Å². The first-order valence-electron chi connectivity index (χ1n) is 6.48. The molecule has 96 valence electrons. The second-order valence-corrected chi connectivity index (χ2v) is 4.77. The Balaban J connectivity index is 0.000000487. The second kappa shape index (κ2) is 9.64. The normalized spacial score (nSPS) is 21.1. The summed E-state index contributed by atoms with van der Waals surface area (Å²) in [5.41, 5.74) is 0. The summed E-state index contributed by atoms with van der Waals surface area (Å²) < 4.78 is 0. The van der Waals surface area contributed by atoms with Crippen LogP contribution in [0.5, 0.6) is 0 Å². The predicted octanol–water partition coefficient (Wildman–Crippen LogP) is 3.00. The number of rotatable bonds is 4. The number of carbonyl (C=O) groups is 1. The minimum atomic E-state index is -0.833. The molecule has 3 heteroatoms. The number of nitrogens with zero attached hydrogens (tertiary/aromatic N) is 1. The zero-order chi connectivity index (χ0) is 12.4. The molecule has 0 aromatic rings. The lowest BCUT2D eigenvalue weighted by atomic mass is 10.00. The SMILES string of the molecule is CC(=O)O.CCCCCN1CCCC(C)C1. The van der Waals surface area contributed by atoms with E-state index in [4.69, 9.17) is 9.90 Å². The highest BCUT2D eigenvalue weighted by Gasteiger charge is 2.14. The van der Waals surface area contributed by atoms with Gasteiger partial charge in [-0.3, -0.25) is 4.79 Å². The fourth-order valence-electron chi connectivity index (χ4n) is 2.08. The van der Waals surface area contributed by atoms with E-state index in [0.717, 1.165) is 12.8 Å². The van der Waals surface area contributed by atoms with Crippen molar-refractivity contribution in [3.05, 3.63) is 0 Å². The molecule has 1 N–H and O–H groups in total. The zero-order valence-electron chi connectivity index (χ0n) is 11.0. The Labute approximate surface area is 99.8 Å². The van der Waals surface area contributed by atoms with Gasteiger partial charge >= 0.3 is 0 Å². The van der Waals surface area contributed by atoms with Crippen molar-refractivity contribution in [3.8, 4) is 0 Å². The summed E-state index contributed by atoms with van der Waals surface area (Å²) in [6.45, 7) is 9.79. The van der Waals surface area contributed by atoms with Crippen LogP contribution in [0.1, 0.15) is 52.9 Å². The predicted molar refractivity (Wildman–Crippen MR) is 67.7 cm³/mol. The number of piperidine rings is 1. The van der Waals surface area contributed by atoms with Gasteiger partial charge < -0.3 is 10.0 Å². The molecule has 0 aliphatic carbocycles. The minimum absolute atomic E-state index is 0.833. The van der Waals surface area contributed by atoms with Crippen LogP contribution in [0.25, 0.3) is 0 Å². The van der Waals surface area contributed by atoms with E-state index >= 15 is 0 Å². The summed E-state index contributed by atoms with van der Waals surface area (Å²) in [5.74, 6) is 0.111. The summed E-state index contributed by atoms with van der Waals surface area (Å²) in [6, 6.07) is 0. The second-order valence-electron chi connectivity index (χ2n) is 4.77. The summed E-state index contributed by atoms with van der Waals surface area (Å²) in [7, 11) is 0. The maximum absolute atomic E-state index is 9.00. The van der Waals surface area contributed by atoms with Gasteiger partial charge in [-0.15, -0.1) is 0 Å². The van der Waals surface area contributed by atoms with Crippen molar-refractivity contribution in [1.82, 2.24) is 4.90 Å². The largest absolute Gasteiger partial charge is 0.481 e. The van der Waals surface area contributed by atoms with Crippen LogP contribution in [0.15, 0.2) is 0 Å². The third-order valence-corrected chi connectivity index (χ3v) is 2.82. The van der Waals surface area contributed by atoms with Gasteiger partial charge in [-0.1, -0.05) is 26.7 Å². The fourth-order valence-corrected chi connectivity index (χ4v) is 2.08. The molecule has 1 unspecified atom stereocenters. The molecule has 1 saturated heterocycles. The molecule has 1 heterocycles. The van der Waals surface area contributed by atoms with Gasteiger partial charge in [-0.2, -0.15) is 0 Å². The van der Waals surface area contributed by atoms with Gasteiger partial charge in [0.25, 0.3) is 5.97 Å². The summed E-state index contributed by atoms with van der Waals surface area (Å²) in [4.78, 5) is 11.6. The van der Waals surface area contributed by atoms with E-state index in [-0.39, 0.29) is 0 Å². The standard InChI is InChI=1S/C11H23N.C2H4O2/c1-3-4-5-8-12-9-6-7-11(2)10-12;1-2(3)4/h11H,3-10H2,1-2H3;1H3,(H,3,4). The van der Waals surface area contributed by atoms with Crippen LogP contribution in [0.2, 0.25) is 0 Å². The number of hydrogen-bond donors (Lipinski definition) is 1. The van der Waals surface area contributed by atoms with Crippen LogP contribution in [-0.2, 0) is 4.79 Å². The van der Waals surface area contributed by atoms with Crippen molar-refractivity contribution >= 4 is 5.97 Å². The Bertz CT molecular complexity index is 179. The van der Waals surface area contributed by atoms with E-state index in [1.165, 1.54) is 51.7 Å². The van der Waals surface area contributed by atoms with Crippen LogP contribution < -0.4 is 0 Å². The Morgan fingerprint density at radius 3 is 2.56 bits per heavy atom. The molecule has 0 bridgehead atoms. The van der Waals surface area contributed by atoms with E-state index in [1.54, 1.807) is 0 Å². The molecule has 16 heavy (non-hydrogen) atoms. The summed E-state index contributed by atoms with van der Waals surface area (Å²) in [6.07, 6.45) is 7.04. The van der Waals surface area contributed by atoms with Gasteiger partial charge in [0.1, 0.15) is 0 Å². The third-order valence-electron chi connectivity index (χ3n) is 2.82. The molecule has 0 aromatic heterocycles. The molecule has 0 spiro atoms. The van der Waals surface area contributed by atoms with Crippen LogP contribution in [-0.4, -0.2) is 35.6 Å². The number of carboxylic acids is 1. The maximum atomic E-state index is 9.00. The molecule has 1 rings (SSSR count). The highest BCUT2D eigenvalue weighted by atomic mass is 16.4. The van der Waals surface area contributed by atoms with Crippen LogP contribution in [0.3, 0.4) is 0 Å². The van der Waals surface area contributed by atoms with Gasteiger partial charge in [0.2, 0.25) is 0 Å². The minimum Gasteiger partial charge on any atom is -0.481 e. The molecule has 1 aliphatic rings. The first-order chi connectivity index (χ1) is 7.56. The molecule has 0 amide bonds. The van der Waals surface area contributed by atoms with E-state index in [2.05, 4.69) is 18.7 Å². The van der Waals surface area contributed by atoms with Crippen molar-refractivity contribution in [2.45, 2.75) is 52.9 Å². The van der Waals surface area contributed by atoms with Crippen molar-refractivity contribution in [2.24, 2.45) is 5.92 Å². The van der Waals surface area contributed by atoms with Gasteiger partial charge in [0, 0.05) is 13.5 Å². The molecule has 1 fully saturated rings. The highest BCUT2D eigenvalue weighted by molar-refractivity contribution is 5.62. The Morgan fingerprint density at radius 1 is 1.44 bits per heavy atom. The fraction of sp³-hybridized carbons (Fsp3) is 0.923. The first-order valence-corrected chi connectivity index (χ1v) is 6.48. The highest BCUT2D eigenvalue weighted by Crippen LogP contribution is 2.15. The van der Waals surface area contributed by atoms with E-state index in [9.17, 15) is 0 Å². The Kier molecular flexibility index (Phi) is 9.30. The summed E-state index contributed by atoms with van der Waals surface area (Å²) >= 11 is 0. The molecule has 0 aromatic carbocycles. The zero-order valence-corrected chi connectivity index (χ0v) is 11.0. The monoisotopic (exact) mass is 229 g/mol. The Morgan fingerprint density at radius 2 is 2.06 bits per heavy atom. The molecule has 1 atom stereocenters. The van der Waals surface area contributed by atoms with E-state index in [1.807, 2.05) is 0 Å². The van der Waals surface area contributed by atoms with Crippen molar-refractivity contribution in [1.29, 1.82) is 0 Å². The lowest BCUT2D eigenvalue weighted by Crippen LogP contribution is -2.34. The molecule has 0 saturated carbocycles. The molecular formula is C13H27NO2. The number of likely N-dealkylation sites (tertiary alicyclic amines) is 1. The van der Waals surface area contributed by atoms with Crippen LogP contribution in [0.4, 0.5) is 0 Å². The molecule has 1 aliphatic heterocycles. The van der Waals surface area contributed by atoms with Crippen molar-refractivity contribution < 1.29 is 9.90 Å². The van der Waals surface area contributed by atoms with Crippen molar-refractivity contribution in [3.63, 3.8) is 0 Å². The average molecular weight is 229 g/mol. The lowest BCUT2D eigenvalue weighted by molar-refractivity contribution is -0.134. The van der Waals surface area contributed by atoms with E-state index in [0.29, 0.717) is 0 Å². The lowest BCUT2D eigenvalue weighted by Gasteiger charge is -2.30. The molecule has 3 nitrogen and oxygen atoms in total.